The molecule has 1 aliphatic heterocycles. The lowest BCUT2D eigenvalue weighted by Crippen LogP contribution is -2.20. The lowest BCUT2D eigenvalue weighted by molar-refractivity contribution is 0.193. The number of nitrogens with two attached hydrogens (primary N) is 1. The number of nitrogens with zero attached hydrogens (tertiary/aromatic N) is 2. The fourth-order valence-electron chi connectivity index (χ4n) is 1.44. The first-order valence-corrected chi connectivity index (χ1v) is 3.87. The fourth-order valence-corrected chi connectivity index (χ4v) is 1.44. The molecule has 1 aromatic rings. The van der Waals surface area contributed by atoms with Crippen molar-refractivity contribution in [1.29, 1.82) is 0 Å². The molecule has 0 atom stereocenters. The van der Waals surface area contributed by atoms with Gasteiger partial charge in [-0.05, 0) is 0 Å². The Labute approximate surface area is 69.7 Å². The van der Waals surface area contributed by atoms with Crippen molar-refractivity contribution in [3.05, 3.63) is 11.3 Å². The molecule has 0 radical (unpaired) electrons. The van der Waals surface area contributed by atoms with Gasteiger partial charge in [0.1, 0.15) is 5.69 Å². The van der Waals surface area contributed by atoms with Crippen LogP contribution in [0.15, 0.2) is 4.52 Å². The molecule has 3 N–H and O–H groups in total. The predicted molar refractivity (Wildman–Crippen MR) is 42.1 cm³/mol. The normalized spacial score (nSPS) is 16.8. The molecule has 0 unspecified atom stereocenters. The van der Waals surface area contributed by atoms with Crippen LogP contribution in [0.3, 0.4) is 0 Å². The average molecular weight is 169 g/mol. The van der Waals surface area contributed by atoms with Crippen molar-refractivity contribution >= 4 is 5.88 Å². The van der Waals surface area contributed by atoms with E-state index in [2.05, 4.69) is 10.1 Å². The number of hydrogen-bond donors (Lipinski definition) is 2. The van der Waals surface area contributed by atoms with Gasteiger partial charge >= 0.3 is 0 Å². The van der Waals surface area contributed by atoms with Gasteiger partial charge in [0.2, 0.25) is 5.88 Å². The molecule has 2 heterocycles. The monoisotopic (exact) mass is 169 g/mol. The third-order valence-corrected chi connectivity index (χ3v) is 2.07. The van der Waals surface area contributed by atoms with E-state index >= 15 is 0 Å². The zero-order valence-electron chi connectivity index (χ0n) is 6.66. The Morgan fingerprint density at radius 3 is 3.08 bits per heavy atom. The largest absolute Gasteiger partial charge is 0.395 e. The fraction of sp³-hybridized carbons (Fsp3) is 0.571. The van der Waals surface area contributed by atoms with Gasteiger partial charge < -0.3 is 15.4 Å². The standard InChI is InChI=1S/C7H11N3O2/c8-7-5-3-10(1-2-11)4-6(5)9-12-7/h11H,1-4,8H2. The van der Waals surface area contributed by atoms with Gasteiger partial charge in [-0.15, -0.1) is 0 Å². The summed E-state index contributed by atoms with van der Waals surface area (Å²) >= 11 is 0. The number of nitrogen functional groups attached to an aromatic ring is 1. The third kappa shape index (κ3) is 1.07. The van der Waals surface area contributed by atoms with Gasteiger partial charge in [-0.1, -0.05) is 5.16 Å². The van der Waals surface area contributed by atoms with E-state index in [-0.39, 0.29) is 6.61 Å². The van der Waals surface area contributed by atoms with Gasteiger partial charge in [0.25, 0.3) is 0 Å². The number of anilines is 1. The summed E-state index contributed by atoms with van der Waals surface area (Å²) in [5, 5.41) is 12.5. The number of hydrogen-bond acceptors (Lipinski definition) is 5. The molecular weight excluding hydrogens is 158 g/mol. The van der Waals surface area contributed by atoms with Crippen LogP contribution in [0, 0.1) is 0 Å². The van der Waals surface area contributed by atoms with Crippen LogP contribution in [-0.2, 0) is 13.1 Å². The van der Waals surface area contributed by atoms with Crippen LogP contribution in [0.2, 0.25) is 0 Å². The van der Waals surface area contributed by atoms with Crippen molar-refractivity contribution in [2.45, 2.75) is 13.1 Å². The quantitative estimate of drug-likeness (QED) is 0.628. The lowest BCUT2D eigenvalue weighted by atomic mass is 10.3. The van der Waals surface area contributed by atoms with Crippen molar-refractivity contribution in [2.24, 2.45) is 0 Å². The second-order valence-electron chi connectivity index (χ2n) is 2.91. The molecule has 0 aliphatic carbocycles. The number of rotatable bonds is 2. The van der Waals surface area contributed by atoms with E-state index in [4.69, 9.17) is 15.4 Å². The molecule has 0 spiro atoms. The number of aliphatic hydroxyl groups is 1. The topological polar surface area (TPSA) is 75.5 Å². The SMILES string of the molecule is Nc1onc2c1CN(CCO)C2. The highest BCUT2D eigenvalue weighted by atomic mass is 16.5. The first-order valence-electron chi connectivity index (χ1n) is 3.87. The Hall–Kier alpha value is -1.07. The number of aliphatic hydroxyl groups excluding tert-OH is 1. The van der Waals surface area contributed by atoms with E-state index in [1.54, 1.807) is 0 Å². The van der Waals surface area contributed by atoms with E-state index in [1.165, 1.54) is 0 Å². The molecule has 0 saturated carbocycles. The van der Waals surface area contributed by atoms with Gasteiger partial charge in [-0.2, -0.15) is 0 Å². The summed E-state index contributed by atoms with van der Waals surface area (Å²) in [5.41, 5.74) is 7.41. The van der Waals surface area contributed by atoms with Gasteiger partial charge in [0.05, 0.1) is 12.2 Å². The van der Waals surface area contributed by atoms with Crippen LogP contribution in [0.4, 0.5) is 5.88 Å². The summed E-state index contributed by atoms with van der Waals surface area (Å²) in [6.07, 6.45) is 0. The summed E-state index contributed by atoms with van der Waals surface area (Å²) in [6.45, 7) is 2.30. The Morgan fingerprint density at radius 2 is 2.42 bits per heavy atom. The van der Waals surface area contributed by atoms with Crippen LogP contribution >= 0.6 is 0 Å². The molecule has 0 saturated heterocycles. The summed E-state index contributed by atoms with van der Waals surface area (Å²) in [4.78, 5) is 2.07. The molecule has 0 bridgehead atoms. The molecule has 0 aromatic carbocycles. The van der Waals surface area contributed by atoms with Crippen molar-refractivity contribution < 1.29 is 9.63 Å². The smallest absolute Gasteiger partial charge is 0.226 e. The highest BCUT2D eigenvalue weighted by Gasteiger charge is 2.24. The zero-order valence-corrected chi connectivity index (χ0v) is 6.66. The molecule has 0 fully saturated rings. The highest BCUT2D eigenvalue weighted by Crippen LogP contribution is 2.26. The van der Waals surface area contributed by atoms with Crippen molar-refractivity contribution in [3.63, 3.8) is 0 Å². The van der Waals surface area contributed by atoms with Gasteiger partial charge in [-0.3, -0.25) is 4.90 Å². The van der Waals surface area contributed by atoms with Crippen LogP contribution in [0.5, 0.6) is 0 Å². The van der Waals surface area contributed by atoms with E-state index < -0.39 is 0 Å². The Kier molecular flexibility index (Phi) is 1.74. The molecule has 66 valence electrons. The van der Waals surface area contributed by atoms with Crippen LogP contribution < -0.4 is 5.73 Å². The zero-order chi connectivity index (χ0) is 8.55. The first kappa shape index (κ1) is 7.57. The summed E-state index contributed by atoms with van der Waals surface area (Å²) < 4.78 is 4.80. The predicted octanol–water partition coefficient (Wildman–Crippen LogP) is -0.435. The van der Waals surface area contributed by atoms with Gasteiger partial charge in [-0.25, -0.2) is 0 Å². The summed E-state index contributed by atoms with van der Waals surface area (Å²) in [6, 6.07) is 0. The van der Waals surface area contributed by atoms with E-state index in [0.717, 1.165) is 24.3 Å². The van der Waals surface area contributed by atoms with Crippen LogP contribution in [0.25, 0.3) is 0 Å². The molecule has 0 amide bonds. The maximum absolute atomic E-state index is 8.70. The molecular formula is C7H11N3O2. The maximum Gasteiger partial charge on any atom is 0.226 e. The van der Waals surface area contributed by atoms with Crippen molar-refractivity contribution in [3.8, 4) is 0 Å². The second-order valence-corrected chi connectivity index (χ2v) is 2.91. The minimum absolute atomic E-state index is 0.168. The molecule has 12 heavy (non-hydrogen) atoms. The Morgan fingerprint density at radius 1 is 1.58 bits per heavy atom. The minimum Gasteiger partial charge on any atom is -0.395 e. The maximum atomic E-state index is 8.70. The average Bonchev–Trinajstić information content (AvgIpc) is 2.55. The number of β-amino-alcohol motifs (C(OH)–C–C–N with tert-alkyl or cyclic N) is 1. The van der Waals surface area contributed by atoms with Crippen molar-refractivity contribution in [2.75, 3.05) is 18.9 Å². The van der Waals surface area contributed by atoms with E-state index in [0.29, 0.717) is 12.4 Å². The third-order valence-electron chi connectivity index (χ3n) is 2.07. The van der Waals surface area contributed by atoms with E-state index in [9.17, 15) is 0 Å². The summed E-state index contributed by atoms with van der Waals surface area (Å²) in [7, 11) is 0. The summed E-state index contributed by atoms with van der Waals surface area (Å²) in [5.74, 6) is 0.408. The molecule has 1 aromatic heterocycles. The molecule has 5 nitrogen and oxygen atoms in total. The number of fused-ring (bicyclic) bond motifs is 1. The van der Waals surface area contributed by atoms with Gasteiger partial charge in [0.15, 0.2) is 0 Å². The van der Waals surface area contributed by atoms with Gasteiger partial charge in [0, 0.05) is 19.6 Å². The second kappa shape index (κ2) is 2.76. The molecule has 1 aliphatic rings. The molecule has 5 heteroatoms. The first-order chi connectivity index (χ1) is 5.81. The highest BCUT2D eigenvalue weighted by molar-refractivity contribution is 5.40. The Bertz CT molecular complexity index is 284. The Balaban J connectivity index is 2.12. The minimum atomic E-state index is 0.168. The van der Waals surface area contributed by atoms with Crippen LogP contribution in [-0.4, -0.2) is 28.3 Å². The van der Waals surface area contributed by atoms with Crippen molar-refractivity contribution in [1.82, 2.24) is 10.1 Å². The van der Waals surface area contributed by atoms with E-state index in [1.807, 2.05) is 0 Å². The molecule has 2 rings (SSSR count). The van der Waals surface area contributed by atoms with Crippen LogP contribution in [0.1, 0.15) is 11.3 Å². The number of aromatic nitrogens is 1. The lowest BCUT2D eigenvalue weighted by Gasteiger charge is -2.11.